The molecule has 41 heavy (non-hydrogen) atoms. The third-order valence-corrected chi connectivity index (χ3v) is 7.50. The van der Waals surface area contributed by atoms with E-state index in [1.165, 1.54) is 17.3 Å². The van der Waals surface area contributed by atoms with Gasteiger partial charge in [-0.1, -0.05) is 79.4 Å². The minimum atomic E-state index is -3.01. The molecule has 0 unspecified atom stereocenters. The quantitative estimate of drug-likeness (QED) is 0.0929. The fourth-order valence-corrected chi connectivity index (χ4v) is 5.13. The Hall–Kier alpha value is -4.01. The van der Waals surface area contributed by atoms with E-state index in [9.17, 15) is 13.6 Å². The second-order valence-electron chi connectivity index (χ2n) is 9.57. The third-order valence-electron chi connectivity index (χ3n) is 6.56. The van der Waals surface area contributed by atoms with Crippen LogP contribution >= 0.6 is 11.8 Å². The van der Waals surface area contributed by atoms with E-state index in [1.807, 2.05) is 24.3 Å². The van der Waals surface area contributed by atoms with Gasteiger partial charge in [0.1, 0.15) is 0 Å². The summed E-state index contributed by atoms with van der Waals surface area (Å²) < 4.78 is 33.3. The van der Waals surface area contributed by atoms with Gasteiger partial charge in [0.05, 0.1) is 12.2 Å². The zero-order valence-corrected chi connectivity index (χ0v) is 23.5. The highest BCUT2D eigenvalue weighted by Crippen LogP contribution is 2.36. The Kier molecular flexibility index (Phi) is 10.6. The molecular formula is C33H33F2N3O2S. The first-order chi connectivity index (χ1) is 19.8. The minimum absolute atomic E-state index is 0.141. The van der Waals surface area contributed by atoms with E-state index in [0.29, 0.717) is 47.3 Å². The molecule has 4 rings (SSSR count). The van der Waals surface area contributed by atoms with Gasteiger partial charge in [-0.3, -0.25) is 9.69 Å². The van der Waals surface area contributed by atoms with Crippen molar-refractivity contribution in [3.63, 3.8) is 0 Å². The van der Waals surface area contributed by atoms with Crippen LogP contribution in [0.1, 0.15) is 39.4 Å². The molecule has 0 atom stereocenters. The first-order valence-electron chi connectivity index (χ1n) is 13.3. The number of hydrogen-bond acceptors (Lipinski definition) is 5. The van der Waals surface area contributed by atoms with Crippen LogP contribution in [0.25, 0.3) is 0 Å². The van der Waals surface area contributed by atoms with Crippen LogP contribution in [0, 0.1) is 0 Å². The molecule has 0 saturated heterocycles. The van der Waals surface area contributed by atoms with E-state index in [1.54, 1.807) is 24.3 Å². The van der Waals surface area contributed by atoms with Crippen molar-refractivity contribution in [2.24, 2.45) is 5.73 Å². The second kappa shape index (κ2) is 14.6. The van der Waals surface area contributed by atoms with Gasteiger partial charge in [0.2, 0.25) is 11.8 Å². The molecule has 0 radical (unpaired) electrons. The summed E-state index contributed by atoms with van der Waals surface area (Å²) in [6.07, 6.45) is 2.79. The Balaban J connectivity index is 1.48. The largest absolute Gasteiger partial charge is 0.478 e. The van der Waals surface area contributed by atoms with E-state index >= 15 is 0 Å². The maximum absolute atomic E-state index is 13.8. The van der Waals surface area contributed by atoms with Crippen molar-refractivity contribution in [3.8, 4) is 5.88 Å². The number of carbonyl (C=O) groups excluding carboxylic acids is 1. The van der Waals surface area contributed by atoms with Gasteiger partial charge < -0.3 is 10.5 Å². The molecular weight excluding hydrogens is 540 g/mol. The summed E-state index contributed by atoms with van der Waals surface area (Å²) in [7, 11) is 0. The molecule has 1 aromatic heterocycles. The van der Waals surface area contributed by atoms with Crippen molar-refractivity contribution in [1.82, 2.24) is 9.88 Å². The molecule has 212 valence electrons. The number of primary amides is 1. The minimum Gasteiger partial charge on any atom is -0.478 e. The number of thioether (sulfide) groups is 1. The highest BCUT2D eigenvalue weighted by Gasteiger charge is 2.25. The predicted octanol–water partition coefficient (Wildman–Crippen LogP) is 7.15. The molecule has 8 heteroatoms. The molecule has 1 amide bonds. The molecule has 2 N–H and O–H groups in total. The summed E-state index contributed by atoms with van der Waals surface area (Å²) in [5, 5.41) is -3.01. The van der Waals surface area contributed by atoms with Gasteiger partial charge in [-0.15, -0.1) is 0 Å². The first-order valence-corrected chi connectivity index (χ1v) is 14.1. The average molecular weight is 574 g/mol. The summed E-state index contributed by atoms with van der Waals surface area (Å²) >= 11 is 0.483. The predicted molar refractivity (Wildman–Crippen MR) is 160 cm³/mol. The number of halogens is 2. The highest BCUT2D eigenvalue weighted by atomic mass is 32.2. The molecule has 0 bridgehead atoms. The zero-order chi connectivity index (χ0) is 29.1. The van der Waals surface area contributed by atoms with Crippen molar-refractivity contribution in [2.45, 2.75) is 29.0 Å². The van der Waals surface area contributed by atoms with Crippen molar-refractivity contribution >= 4 is 17.7 Å². The van der Waals surface area contributed by atoms with E-state index in [2.05, 4.69) is 65.0 Å². The number of carbonyl (C=O) groups is 1. The Morgan fingerprint density at radius 1 is 0.976 bits per heavy atom. The number of nitrogens with zero attached hydrogens (tertiary/aromatic N) is 2. The Labute approximate surface area is 244 Å². The second-order valence-corrected chi connectivity index (χ2v) is 10.8. The fraction of sp³-hybridized carbons (Fsp3) is 0.212. The SMILES string of the molecule is C=CC(F)(F)Sc1ccc(CN(CCCOc2ccc(C(N)=O)cn2)CC(c2ccccc2)c2ccccc2)cc1. The summed E-state index contributed by atoms with van der Waals surface area (Å²) in [5.41, 5.74) is 9.08. The van der Waals surface area contributed by atoms with Crippen LogP contribution in [0.2, 0.25) is 0 Å². The number of ether oxygens (including phenoxy) is 1. The third kappa shape index (κ3) is 9.27. The lowest BCUT2D eigenvalue weighted by molar-refractivity contribution is 0.0999. The summed E-state index contributed by atoms with van der Waals surface area (Å²) in [4.78, 5) is 18.3. The summed E-state index contributed by atoms with van der Waals surface area (Å²) in [5.74, 6) is 0.0342. The lowest BCUT2D eigenvalue weighted by Crippen LogP contribution is -2.30. The molecule has 0 aliphatic carbocycles. The monoisotopic (exact) mass is 573 g/mol. The summed E-state index contributed by atoms with van der Waals surface area (Å²) in [6, 6.07) is 31.3. The fourth-order valence-electron chi connectivity index (χ4n) is 4.46. The zero-order valence-electron chi connectivity index (χ0n) is 22.7. The maximum atomic E-state index is 13.8. The standard InChI is InChI=1S/C33H33F2N3O2S/c1-2-33(34,35)41-29-17-14-25(15-18-29)23-38(20-9-21-40-31-19-16-28(22-37-31)32(36)39)24-30(26-10-5-3-6-11-26)27-12-7-4-8-13-27/h2-8,10-19,22,30H,1,9,20-21,23-24H2,(H2,36,39). The van der Waals surface area contributed by atoms with Crippen molar-refractivity contribution in [3.05, 3.63) is 138 Å². The van der Waals surface area contributed by atoms with Gasteiger partial charge in [-0.25, -0.2) is 4.98 Å². The van der Waals surface area contributed by atoms with Gasteiger partial charge in [0, 0.05) is 42.7 Å². The lowest BCUT2D eigenvalue weighted by Gasteiger charge is -2.28. The van der Waals surface area contributed by atoms with Gasteiger partial charge in [-0.05, 0) is 59.1 Å². The lowest BCUT2D eigenvalue weighted by atomic mass is 9.90. The average Bonchev–Trinajstić information content (AvgIpc) is 2.99. The normalized spacial score (nSPS) is 11.5. The Bertz CT molecular complexity index is 1350. The van der Waals surface area contributed by atoms with Crippen LogP contribution in [-0.2, 0) is 6.54 Å². The van der Waals surface area contributed by atoms with Gasteiger partial charge >= 0.3 is 5.25 Å². The number of benzene rings is 3. The number of amides is 1. The number of rotatable bonds is 15. The molecule has 0 spiro atoms. The maximum Gasteiger partial charge on any atom is 0.316 e. The first kappa shape index (κ1) is 30.0. The van der Waals surface area contributed by atoms with Crippen LogP contribution in [0.5, 0.6) is 5.88 Å². The highest BCUT2D eigenvalue weighted by molar-refractivity contribution is 8.00. The smallest absolute Gasteiger partial charge is 0.316 e. The van der Waals surface area contributed by atoms with E-state index < -0.39 is 11.2 Å². The van der Waals surface area contributed by atoms with Crippen molar-refractivity contribution in [2.75, 3.05) is 19.7 Å². The van der Waals surface area contributed by atoms with Crippen LogP contribution in [-0.4, -0.2) is 40.7 Å². The number of pyridine rings is 1. The molecule has 4 aromatic rings. The molecule has 5 nitrogen and oxygen atoms in total. The van der Waals surface area contributed by atoms with Crippen LogP contribution < -0.4 is 10.5 Å². The number of hydrogen-bond donors (Lipinski definition) is 1. The van der Waals surface area contributed by atoms with Gasteiger partial charge in [0.15, 0.2) is 0 Å². The molecule has 1 heterocycles. The topological polar surface area (TPSA) is 68.5 Å². The Morgan fingerprint density at radius 2 is 1.61 bits per heavy atom. The van der Waals surface area contributed by atoms with E-state index in [-0.39, 0.29) is 5.92 Å². The molecule has 0 aliphatic rings. The van der Waals surface area contributed by atoms with Crippen LogP contribution in [0.15, 0.2) is 121 Å². The van der Waals surface area contributed by atoms with Crippen LogP contribution in [0.4, 0.5) is 8.78 Å². The van der Waals surface area contributed by atoms with Crippen molar-refractivity contribution in [1.29, 1.82) is 0 Å². The van der Waals surface area contributed by atoms with Gasteiger partial charge in [-0.2, -0.15) is 8.78 Å². The number of alkyl halides is 2. The molecule has 0 saturated carbocycles. The van der Waals surface area contributed by atoms with E-state index in [4.69, 9.17) is 10.5 Å². The van der Waals surface area contributed by atoms with E-state index in [0.717, 1.165) is 25.1 Å². The van der Waals surface area contributed by atoms with Gasteiger partial charge in [0.25, 0.3) is 0 Å². The van der Waals surface area contributed by atoms with Crippen molar-refractivity contribution < 1.29 is 18.3 Å². The molecule has 0 aliphatic heterocycles. The molecule has 3 aromatic carbocycles. The Morgan fingerprint density at radius 3 is 2.15 bits per heavy atom. The summed E-state index contributed by atoms with van der Waals surface area (Å²) in [6.45, 7) is 5.79. The van der Waals surface area contributed by atoms with Crippen LogP contribution in [0.3, 0.4) is 0 Å². The molecule has 0 fully saturated rings. The number of aromatic nitrogens is 1. The number of nitrogens with two attached hydrogens (primary N) is 1.